The predicted molar refractivity (Wildman–Crippen MR) is 74.2 cm³/mol. The molecular formula is C14H16FN3O3. The van der Waals surface area contributed by atoms with Crippen LogP contribution < -0.4 is 10.6 Å². The Morgan fingerprint density at radius 2 is 2.19 bits per heavy atom. The van der Waals surface area contributed by atoms with E-state index in [1.54, 1.807) is 6.07 Å². The molecule has 2 amide bonds. The van der Waals surface area contributed by atoms with E-state index in [1.165, 1.54) is 12.1 Å². The summed E-state index contributed by atoms with van der Waals surface area (Å²) in [5.41, 5.74) is 0.127. The molecule has 0 saturated carbocycles. The Labute approximate surface area is 121 Å². The van der Waals surface area contributed by atoms with Crippen LogP contribution in [0.2, 0.25) is 0 Å². The number of halogens is 1. The molecule has 0 spiro atoms. The number of amides is 2. The zero-order valence-corrected chi connectivity index (χ0v) is 11.5. The molecule has 0 radical (unpaired) electrons. The number of hydrogen-bond donors (Lipinski definition) is 3. The molecule has 1 aromatic carbocycles. The van der Waals surface area contributed by atoms with Gasteiger partial charge in [-0.15, -0.1) is 0 Å². The first-order valence-corrected chi connectivity index (χ1v) is 6.42. The monoisotopic (exact) mass is 293 g/mol. The van der Waals surface area contributed by atoms with Crippen LogP contribution in [0.15, 0.2) is 18.2 Å². The lowest BCUT2D eigenvalue weighted by molar-refractivity contribution is -0.138. The van der Waals surface area contributed by atoms with Crippen molar-refractivity contribution in [2.45, 2.75) is 19.8 Å². The molecule has 0 saturated heterocycles. The third-order valence-corrected chi connectivity index (χ3v) is 2.94. The topological polar surface area (TPSA) is 102 Å². The van der Waals surface area contributed by atoms with Gasteiger partial charge in [-0.25, -0.2) is 9.18 Å². The van der Waals surface area contributed by atoms with Gasteiger partial charge in [-0.1, -0.05) is 13.3 Å². The van der Waals surface area contributed by atoms with Gasteiger partial charge in [0.15, 0.2) is 0 Å². The van der Waals surface area contributed by atoms with Crippen LogP contribution >= 0.6 is 0 Å². The van der Waals surface area contributed by atoms with Gasteiger partial charge in [0.25, 0.3) is 0 Å². The molecular weight excluding hydrogens is 277 g/mol. The Hall–Kier alpha value is -2.62. The summed E-state index contributed by atoms with van der Waals surface area (Å²) in [4.78, 5) is 22.3. The molecule has 0 aliphatic carbocycles. The number of carboxylic acids is 1. The number of benzene rings is 1. The van der Waals surface area contributed by atoms with Gasteiger partial charge in [0.2, 0.25) is 0 Å². The number of nitriles is 1. The van der Waals surface area contributed by atoms with E-state index in [0.29, 0.717) is 6.42 Å². The first-order valence-electron chi connectivity index (χ1n) is 6.42. The molecule has 1 atom stereocenters. The molecule has 7 heteroatoms. The first kappa shape index (κ1) is 16.4. The van der Waals surface area contributed by atoms with Crippen LogP contribution in [0.5, 0.6) is 0 Å². The van der Waals surface area contributed by atoms with E-state index in [2.05, 4.69) is 10.6 Å². The highest BCUT2D eigenvalue weighted by Gasteiger charge is 2.13. The smallest absolute Gasteiger partial charge is 0.319 e. The van der Waals surface area contributed by atoms with Gasteiger partial charge in [-0.3, -0.25) is 4.79 Å². The van der Waals surface area contributed by atoms with Crippen molar-refractivity contribution in [3.63, 3.8) is 0 Å². The minimum Gasteiger partial charge on any atom is -0.481 e. The van der Waals surface area contributed by atoms with E-state index >= 15 is 0 Å². The lowest BCUT2D eigenvalue weighted by atomic mass is 10.0. The van der Waals surface area contributed by atoms with Crippen molar-refractivity contribution in [1.82, 2.24) is 5.32 Å². The van der Waals surface area contributed by atoms with Crippen molar-refractivity contribution < 1.29 is 19.1 Å². The van der Waals surface area contributed by atoms with Crippen LogP contribution in [0.25, 0.3) is 0 Å². The summed E-state index contributed by atoms with van der Waals surface area (Å²) < 4.78 is 13.1. The van der Waals surface area contributed by atoms with Gasteiger partial charge in [0.1, 0.15) is 11.9 Å². The van der Waals surface area contributed by atoms with Crippen LogP contribution in [-0.2, 0) is 4.79 Å². The van der Waals surface area contributed by atoms with E-state index in [9.17, 15) is 14.0 Å². The first-order chi connectivity index (χ1) is 9.96. The van der Waals surface area contributed by atoms with Crippen molar-refractivity contribution in [3.8, 4) is 6.07 Å². The fourth-order valence-electron chi connectivity index (χ4n) is 1.71. The minimum absolute atomic E-state index is 0.0219. The number of carbonyl (C=O) groups is 2. The number of nitrogens with one attached hydrogen (secondary N) is 2. The van der Waals surface area contributed by atoms with Crippen LogP contribution in [0.3, 0.4) is 0 Å². The van der Waals surface area contributed by atoms with E-state index < -0.39 is 17.8 Å². The summed E-state index contributed by atoms with van der Waals surface area (Å²) >= 11 is 0. The largest absolute Gasteiger partial charge is 0.481 e. The maximum Gasteiger partial charge on any atom is 0.319 e. The minimum atomic E-state index is -0.916. The van der Waals surface area contributed by atoms with Crippen LogP contribution in [0.4, 0.5) is 14.9 Å². The number of anilines is 1. The Morgan fingerprint density at radius 3 is 2.76 bits per heavy atom. The Bertz CT molecular complexity index is 569. The van der Waals surface area contributed by atoms with Crippen LogP contribution in [-0.4, -0.2) is 23.7 Å². The van der Waals surface area contributed by atoms with Crippen LogP contribution in [0.1, 0.15) is 25.3 Å². The van der Waals surface area contributed by atoms with Crippen molar-refractivity contribution >= 4 is 17.7 Å². The molecule has 0 aromatic heterocycles. The summed E-state index contributed by atoms with van der Waals surface area (Å²) in [6.07, 6.45) is 0.605. The third-order valence-electron chi connectivity index (χ3n) is 2.94. The van der Waals surface area contributed by atoms with Gasteiger partial charge < -0.3 is 15.7 Å². The molecule has 1 aromatic rings. The van der Waals surface area contributed by atoms with E-state index in [-0.39, 0.29) is 30.1 Å². The third kappa shape index (κ3) is 5.48. The predicted octanol–water partition coefficient (Wildman–Crippen LogP) is 2.32. The lowest BCUT2D eigenvalue weighted by Gasteiger charge is -2.14. The number of carboxylic acid groups (broad SMARTS) is 1. The summed E-state index contributed by atoms with van der Waals surface area (Å²) in [6.45, 7) is 2.06. The van der Waals surface area contributed by atoms with Gasteiger partial charge in [-0.2, -0.15) is 5.26 Å². The zero-order chi connectivity index (χ0) is 15.8. The summed E-state index contributed by atoms with van der Waals surface area (Å²) in [6, 6.07) is 4.80. The summed E-state index contributed by atoms with van der Waals surface area (Å²) in [5.74, 6) is -1.73. The van der Waals surface area contributed by atoms with E-state index in [4.69, 9.17) is 10.4 Å². The second-order valence-electron chi connectivity index (χ2n) is 4.51. The SMILES string of the molecule is CCC(CNC(=O)Nc1ccc(F)c(C#N)c1)CC(=O)O. The van der Waals surface area contributed by atoms with Crippen molar-refractivity contribution in [2.75, 3.05) is 11.9 Å². The van der Waals surface area contributed by atoms with Crippen molar-refractivity contribution in [1.29, 1.82) is 5.26 Å². The molecule has 0 bridgehead atoms. The second-order valence-corrected chi connectivity index (χ2v) is 4.51. The summed E-state index contributed by atoms with van der Waals surface area (Å²) in [7, 11) is 0. The Morgan fingerprint density at radius 1 is 1.48 bits per heavy atom. The van der Waals surface area contributed by atoms with E-state index in [1.807, 2.05) is 6.92 Å². The zero-order valence-electron chi connectivity index (χ0n) is 11.5. The number of aliphatic carboxylic acids is 1. The number of hydrogen-bond acceptors (Lipinski definition) is 3. The maximum absolute atomic E-state index is 13.1. The molecule has 21 heavy (non-hydrogen) atoms. The molecule has 6 nitrogen and oxygen atoms in total. The molecule has 0 fully saturated rings. The van der Waals surface area contributed by atoms with Gasteiger partial charge in [0.05, 0.1) is 5.56 Å². The van der Waals surface area contributed by atoms with Crippen molar-refractivity contribution in [2.24, 2.45) is 5.92 Å². The maximum atomic E-state index is 13.1. The highest BCUT2D eigenvalue weighted by atomic mass is 19.1. The summed E-state index contributed by atoms with van der Waals surface area (Å²) in [5, 5.41) is 22.4. The average Bonchev–Trinajstić information content (AvgIpc) is 2.45. The van der Waals surface area contributed by atoms with E-state index in [0.717, 1.165) is 6.07 Å². The van der Waals surface area contributed by atoms with Gasteiger partial charge in [-0.05, 0) is 24.1 Å². The number of nitrogens with zero attached hydrogens (tertiary/aromatic N) is 1. The fraction of sp³-hybridized carbons (Fsp3) is 0.357. The molecule has 1 unspecified atom stereocenters. The van der Waals surface area contributed by atoms with Crippen molar-refractivity contribution in [3.05, 3.63) is 29.6 Å². The molecule has 3 N–H and O–H groups in total. The quantitative estimate of drug-likeness (QED) is 0.749. The lowest BCUT2D eigenvalue weighted by Crippen LogP contribution is -2.33. The van der Waals surface area contributed by atoms with Gasteiger partial charge in [0, 0.05) is 18.7 Å². The number of rotatable bonds is 6. The Balaban J connectivity index is 2.54. The molecule has 0 heterocycles. The number of carbonyl (C=O) groups excluding carboxylic acids is 1. The Kier molecular flexibility index (Phi) is 6.14. The standard InChI is InChI=1S/C14H16FN3O3/c1-2-9(5-13(19)20)8-17-14(21)18-11-3-4-12(15)10(6-11)7-16/h3-4,6,9H,2,5,8H2,1H3,(H,19,20)(H2,17,18,21). The second kappa shape index (κ2) is 7.85. The fourth-order valence-corrected chi connectivity index (χ4v) is 1.71. The highest BCUT2D eigenvalue weighted by molar-refractivity contribution is 5.89. The van der Waals surface area contributed by atoms with Gasteiger partial charge >= 0.3 is 12.0 Å². The molecule has 0 aliphatic heterocycles. The molecule has 112 valence electrons. The average molecular weight is 293 g/mol. The molecule has 0 aliphatic rings. The van der Waals surface area contributed by atoms with Crippen LogP contribution in [0, 0.1) is 23.1 Å². The molecule has 1 rings (SSSR count). The normalized spacial score (nSPS) is 11.3. The highest BCUT2D eigenvalue weighted by Crippen LogP contribution is 2.14. The number of urea groups is 1.